The van der Waals surface area contributed by atoms with E-state index in [1.54, 1.807) is 11.1 Å². The second kappa shape index (κ2) is 12.1. The van der Waals surface area contributed by atoms with Crippen molar-refractivity contribution < 1.29 is 23.2 Å². The Bertz CT molecular complexity index is 807. The van der Waals surface area contributed by atoms with Gasteiger partial charge in [-0.25, -0.2) is 0 Å². The Kier molecular flexibility index (Phi) is 9.16. The zero-order chi connectivity index (χ0) is 20.3. The molecule has 2 aromatic carbocycles. The summed E-state index contributed by atoms with van der Waals surface area (Å²) in [5.41, 5.74) is 6.13. The zero-order valence-electron chi connectivity index (χ0n) is 17.8. The van der Waals surface area contributed by atoms with E-state index >= 15 is 0 Å². The van der Waals surface area contributed by atoms with E-state index in [0.29, 0.717) is 0 Å². The van der Waals surface area contributed by atoms with Gasteiger partial charge in [0.1, 0.15) is 0 Å². The Balaban J connectivity index is 0.000000166. The fourth-order valence-electron chi connectivity index (χ4n) is 3.79. The molecule has 0 nitrogen and oxygen atoms in total. The maximum atomic E-state index is 2.35. The molecule has 1 heteroatoms. The van der Waals surface area contributed by atoms with Gasteiger partial charge in [0.15, 0.2) is 0 Å². The first kappa shape index (κ1) is 22.0. The molecule has 2 aliphatic rings. The third-order valence-electron chi connectivity index (χ3n) is 5.51. The average molecular weight is 460 g/mol. The van der Waals surface area contributed by atoms with E-state index in [-0.39, 0.29) is 0 Å². The van der Waals surface area contributed by atoms with Gasteiger partial charge in [-0.1, -0.05) is 60.7 Å². The van der Waals surface area contributed by atoms with Crippen molar-refractivity contribution in [2.45, 2.75) is 52.4 Å². The Morgan fingerprint density at radius 2 is 1.03 bits per heavy atom. The van der Waals surface area contributed by atoms with Gasteiger partial charge >= 0.3 is 105 Å². The fourth-order valence-corrected chi connectivity index (χ4v) is 7.83. The maximum absolute atomic E-state index is 2.35. The summed E-state index contributed by atoms with van der Waals surface area (Å²) in [4.78, 5) is 0. The summed E-state index contributed by atoms with van der Waals surface area (Å²) in [6.45, 7) is 4.57. The first-order valence-electron chi connectivity index (χ1n) is 10.9. The maximum Gasteiger partial charge on any atom is -0.0238 e. The van der Waals surface area contributed by atoms with Crippen LogP contribution in [0.3, 0.4) is 0 Å². The summed E-state index contributed by atoms with van der Waals surface area (Å²) < 4.78 is 3.65. The van der Waals surface area contributed by atoms with Gasteiger partial charge in [-0.15, -0.1) is 0 Å². The van der Waals surface area contributed by atoms with E-state index in [1.165, 1.54) is 36.8 Å². The molecule has 0 saturated heterocycles. The molecule has 0 bridgehead atoms. The molecule has 0 N–H and O–H groups in total. The molecule has 148 valence electrons. The van der Waals surface area contributed by atoms with Crippen LogP contribution in [0.5, 0.6) is 0 Å². The number of aryl methyl sites for hydroxylation is 2. The summed E-state index contributed by atoms with van der Waals surface area (Å²) in [5, 5.41) is 0. The van der Waals surface area contributed by atoms with Crippen molar-refractivity contribution in [2.75, 3.05) is 0 Å². The van der Waals surface area contributed by atoms with Gasteiger partial charge in [-0.2, -0.15) is 0 Å². The molecule has 29 heavy (non-hydrogen) atoms. The van der Waals surface area contributed by atoms with E-state index in [9.17, 15) is 0 Å². The molecule has 2 aliphatic carbocycles. The van der Waals surface area contributed by atoms with Crippen LogP contribution in [0.4, 0.5) is 0 Å². The fraction of sp³-hybridized carbons (Fsp3) is 0.286. The van der Waals surface area contributed by atoms with Crippen LogP contribution in [-0.4, -0.2) is 0 Å². The number of rotatable bonds is 7. The summed E-state index contributed by atoms with van der Waals surface area (Å²) in [6, 6.07) is 21.2. The third kappa shape index (κ3) is 6.93. The summed E-state index contributed by atoms with van der Waals surface area (Å²) >= 11 is -0.417. The van der Waals surface area contributed by atoms with Gasteiger partial charge in [0, 0.05) is 0 Å². The van der Waals surface area contributed by atoms with Crippen LogP contribution in [-0.2, 0) is 36.1 Å². The van der Waals surface area contributed by atoms with Crippen molar-refractivity contribution in [3.8, 4) is 0 Å². The minimum Gasteiger partial charge on any atom is -0.0622 e. The molecule has 0 atom stereocenters. The second-order valence-corrected chi connectivity index (χ2v) is 11.1. The SMILES string of the molecule is CCC1=[C]([Zr][C]2=C(CC)C=CC2)CC=C1.c1ccc(CCc2ccccc2)cc1. The van der Waals surface area contributed by atoms with Gasteiger partial charge in [0.2, 0.25) is 0 Å². The van der Waals surface area contributed by atoms with Crippen LogP contribution >= 0.6 is 0 Å². The van der Waals surface area contributed by atoms with Gasteiger partial charge in [-0.3, -0.25) is 0 Å². The largest absolute Gasteiger partial charge is 0.0622 e. The minimum atomic E-state index is -0.417. The van der Waals surface area contributed by atoms with E-state index in [2.05, 4.69) is 98.8 Å². The second-order valence-electron chi connectivity index (χ2n) is 7.52. The van der Waals surface area contributed by atoms with Crippen molar-refractivity contribution in [3.05, 3.63) is 114 Å². The molecule has 0 spiro atoms. The first-order chi connectivity index (χ1) is 14.3. The molecule has 0 amide bonds. The van der Waals surface area contributed by atoms with Crippen LogP contribution < -0.4 is 0 Å². The van der Waals surface area contributed by atoms with Gasteiger partial charge in [-0.05, 0) is 24.0 Å². The predicted octanol–water partition coefficient (Wildman–Crippen LogP) is 7.79. The molecule has 0 unspecified atom stereocenters. The van der Waals surface area contributed by atoms with Crippen molar-refractivity contribution in [1.82, 2.24) is 0 Å². The molecule has 4 rings (SSSR count). The molecular formula is C28H32Zr. The Hall–Kier alpha value is -1.72. The predicted molar refractivity (Wildman–Crippen MR) is 122 cm³/mol. The zero-order valence-corrected chi connectivity index (χ0v) is 20.3. The van der Waals surface area contributed by atoms with Gasteiger partial charge in [0.25, 0.3) is 0 Å². The van der Waals surface area contributed by atoms with Gasteiger partial charge in [0.05, 0.1) is 0 Å². The number of benzene rings is 2. The van der Waals surface area contributed by atoms with Crippen molar-refractivity contribution in [3.63, 3.8) is 0 Å². The van der Waals surface area contributed by atoms with Crippen LogP contribution in [0, 0.1) is 0 Å². The van der Waals surface area contributed by atoms with E-state index in [1.807, 2.05) is 6.56 Å². The molecule has 0 heterocycles. The van der Waals surface area contributed by atoms with Crippen molar-refractivity contribution >= 4 is 0 Å². The Labute approximate surface area is 188 Å². The molecule has 0 aliphatic heterocycles. The summed E-state index contributed by atoms with van der Waals surface area (Å²) in [7, 11) is 0. The molecule has 0 aromatic heterocycles. The molecular weight excluding hydrogens is 428 g/mol. The van der Waals surface area contributed by atoms with Crippen molar-refractivity contribution in [1.29, 1.82) is 0 Å². The quantitative estimate of drug-likeness (QED) is 0.396. The van der Waals surface area contributed by atoms with Gasteiger partial charge < -0.3 is 0 Å². The summed E-state index contributed by atoms with van der Waals surface area (Å²) in [5.74, 6) is 0. The van der Waals surface area contributed by atoms with E-state index < -0.39 is 23.2 Å². The Morgan fingerprint density at radius 3 is 1.41 bits per heavy atom. The standard InChI is InChI=1S/C14H14.2C7H9.Zr/c1-3-7-13(8-4-1)11-12-14-9-5-2-6-10-14;2*1-2-7-5-3-4-6-7;/h1-10H,11-12H2;2*3,5H,2,4H2,1H3;. The number of allylic oxidation sites excluding steroid dienone is 8. The number of hydrogen-bond donors (Lipinski definition) is 0. The minimum absolute atomic E-state index is 0.417. The van der Waals surface area contributed by atoms with Crippen molar-refractivity contribution in [2.24, 2.45) is 0 Å². The van der Waals surface area contributed by atoms with E-state index in [4.69, 9.17) is 0 Å². The van der Waals surface area contributed by atoms with Crippen LogP contribution in [0.15, 0.2) is 103 Å². The molecule has 0 saturated carbocycles. The molecule has 0 fully saturated rings. The van der Waals surface area contributed by atoms with Crippen LogP contribution in [0.25, 0.3) is 0 Å². The topological polar surface area (TPSA) is 0 Å². The monoisotopic (exact) mass is 458 g/mol. The smallest absolute Gasteiger partial charge is 0.0238 e. The molecule has 2 aromatic rings. The average Bonchev–Trinajstić information content (AvgIpc) is 3.43. The van der Waals surface area contributed by atoms with Crippen LogP contribution in [0.1, 0.15) is 50.7 Å². The normalized spacial score (nSPS) is 15.0. The van der Waals surface area contributed by atoms with E-state index in [0.717, 1.165) is 12.8 Å². The summed E-state index contributed by atoms with van der Waals surface area (Å²) in [6.07, 6.45) is 16.6. The van der Waals surface area contributed by atoms with Crippen LogP contribution in [0.2, 0.25) is 0 Å². The first-order valence-corrected chi connectivity index (χ1v) is 13.4. The number of hydrogen-bond acceptors (Lipinski definition) is 0. The third-order valence-corrected chi connectivity index (χ3v) is 9.57. The molecule has 0 radical (unpaired) electrons. The Morgan fingerprint density at radius 1 is 0.621 bits per heavy atom.